The van der Waals surface area contributed by atoms with Gasteiger partial charge in [0.1, 0.15) is 17.2 Å². The second kappa shape index (κ2) is 10.3. The van der Waals surface area contributed by atoms with Gasteiger partial charge in [0, 0.05) is 30.8 Å². The van der Waals surface area contributed by atoms with Crippen LogP contribution in [-0.4, -0.2) is 14.9 Å². The number of hydrogen-bond acceptors (Lipinski definition) is 6. The van der Waals surface area contributed by atoms with Crippen molar-refractivity contribution in [1.29, 1.82) is 0 Å². The van der Waals surface area contributed by atoms with E-state index < -0.39 is 26.2 Å². The van der Waals surface area contributed by atoms with Gasteiger partial charge in [0.2, 0.25) is 6.73 Å². The number of rotatable bonds is 9. The molecule has 182 valence electrons. The molecule has 4 aromatic rings. The zero-order valence-electron chi connectivity index (χ0n) is 18.3. The molecular weight excluding hydrogens is 481 g/mol. The van der Waals surface area contributed by atoms with Crippen LogP contribution in [0.1, 0.15) is 16.8 Å². The van der Waals surface area contributed by atoms with E-state index in [1.54, 1.807) is 18.2 Å². The molecule has 0 saturated heterocycles. The van der Waals surface area contributed by atoms with Gasteiger partial charge in [-0.05, 0) is 35.4 Å². The maximum Gasteiger partial charge on any atom is 0.472 e. The summed E-state index contributed by atoms with van der Waals surface area (Å²) in [5.41, 5.74) is 9.51. The fraction of sp³-hybridized carbons (Fsp3) is 0.130. The number of nitrogens with zero attached hydrogens (tertiary/aromatic N) is 2. The minimum Gasteiger partial charge on any atom is -0.381 e. The highest BCUT2D eigenvalue weighted by Crippen LogP contribution is 2.35. The first-order chi connectivity index (χ1) is 16.7. The summed E-state index contributed by atoms with van der Waals surface area (Å²) in [7, 11) is -4.65. The Hall–Kier alpha value is -3.63. The molecule has 2 heterocycles. The van der Waals surface area contributed by atoms with Crippen molar-refractivity contribution in [3.63, 3.8) is 0 Å². The number of phosphoric acid groups is 1. The Labute approximate surface area is 199 Å². The average Bonchev–Trinajstić information content (AvgIpc) is 3.25. The van der Waals surface area contributed by atoms with Crippen molar-refractivity contribution in [1.82, 2.24) is 5.16 Å². The lowest BCUT2D eigenvalue weighted by atomic mass is 10.1. The van der Waals surface area contributed by atoms with Crippen LogP contribution in [0.4, 0.5) is 20.3 Å². The molecule has 0 unspecified atom stereocenters. The SMILES string of the molecule is Nc1c(-c2cc(Cc3ccc(CNc4cc(F)cc(F)c4)cc3)no2)ccc[n+]1COP(=O)(O)O. The molecule has 0 aliphatic rings. The molecule has 0 amide bonds. The predicted octanol–water partition coefficient (Wildman–Crippen LogP) is 3.76. The first kappa shape index (κ1) is 24.5. The Morgan fingerprint density at radius 1 is 1.06 bits per heavy atom. The van der Waals surface area contributed by atoms with E-state index in [0.29, 0.717) is 35.7 Å². The Kier molecular flexibility index (Phi) is 7.23. The Morgan fingerprint density at radius 2 is 1.74 bits per heavy atom. The van der Waals surface area contributed by atoms with Crippen molar-refractivity contribution in [2.24, 2.45) is 0 Å². The molecule has 4 rings (SSSR count). The van der Waals surface area contributed by atoms with Gasteiger partial charge in [0.15, 0.2) is 5.76 Å². The summed E-state index contributed by atoms with van der Waals surface area (Å²) in [5, 5.41) is 7.07. The molecule has 9 nitrogen and oxygen atoms in total. The van der Waals surface area contributed by atoms with E-state index in [2.05, 4.69) is 15.0 Å². The third kappa shape index (κ3) is 6.71. The number of halogens is 2. The number of hydrogen-bond donors (Lipinski definition) is 4. The summed E-state index contributed by atoms with van der Waals surface area (Å²) in [4.78, 5) is 17.8. The van der Waals surface area contributed by atoms with Gasteiger partial charge < -0.3 is 19.6 Å². The normalized spacial score (nSPS) is 11.5. The van der Waals surface area contributed by atoms with Gasteiger partial charge in [0.05, 0.1) is 11.9 Å². The molecule has 0 aliphatic heterocycles. The van der Waals surface area contributed by atoms with E-state index in [4.69, 9.17) is 20.0 Å². The van der Waals surface area contributed by atoms with Gasteiger partial charge in [-0.25, -0.2) is 22.4 Å². The molecule has 0 aliphatic carbocycles. The molecule has 0 fully saturated rings. The lowest BCUT2D eigenvalue weighted by Crippen LogP contribution is -2.38. The minimum atomic E-state index is -4.65. The first-order valence-corrected chi connectivity index (χ1v) is 11.9. The van der Waals surface area contributed by atoms with E-state index in [0.717, 1.165) is 17.2 Å². The van der Waals surface area contributed by atoms with E-state index in [-0.39, 0.29) is 5.82 Å². The highest BCUT2D eigenvalue weighted by Gasteiger charge is 2.20. The van der Waals surface area contributed by atoms with Crippen LogP contribution in [0.5, 0.6) is 0 Å². The molecular formula is C23H22F2N4O5P+. The monoisotopic (exact) mass is 503 g/mol. The number of nitrogen functional groups attached to an aromatic ring is 1. The zero-order chi connectivity index (χ0) is 25.0. The predicted molar refractivity (Wildman–Crippen MR) is 123 cm³/mol. The zero-order valence-corrected chi connectivity index (χ0v) is 19.2. The number of pyridine rings is 1. The maximum atomic E-state index is 13.3. The van der Waals surface area contributed by atoms with Crippen molar-refractivity contribution >= 4 is 19.3 Å². The standard InChI is InChI=1S/C23H21F2N4O5P/c24-17-9-18(25)11-19(10-17)27-13-16-5-3-15(4-6-16)8-20-12-22(34-28-20)21-2-1-7-29(23(21)26)14-33-35(30,31)32/h1-7,9-12,26-27H,8,13-14H2,(H2,30,31,32)/p+1. The lowest BCUT2D eigenvalue weighted by molar-refractivity contribution is -0.711. The average molecular weight is 503 g/mol. The van der Waals surface area contributed by atoms with Crippen LogP contribution in [0, 0.1) is 11.6 Å². The van der Waals surface area contributed by atoms with Crippen LogP contribution in [0.3, 0.4) is 0 Å². The Balaban J connectivity index is 1.40. The van der Waals surface area contributed by atoms with Crippen molar-refractivity contribution in [3.05, 3.63) is 95.3 Å². The van der Waals surface area contributed by atoms with E-state index in [1.807, 2.05) is 24.3 Å². The van der Waals surface area contributed by atoms with Gasteiger partial charge in [-0.15, -0.1) is 0 Å². The van der Waals surface area contributed by atoms with Gasteiger partial charge in [-0.3, -0.25) is 5.73 Å². The molecule has 5 N–H and O–H groups in total. The molecule has 12 heteroatoms. The molecule has 2 aromatic carbocycles. The Morgan fingerprint density at radius 3 is 2.43 bits per heavy atom. The van der Waals surface area contributed by atoms with Crippen LogP contribution < -0.4 is 15.6 Å². The fourth-order valence-corrected chi connectivity index (χ4v) is 3.66. The van der Waals surface area contributed by atoms with Gasteiger partial charge in [-0.1, -0.05) is 29.4 Å². The quantitative estimate of drug-likeness (QED) is 0.200. The number of nitrogens with two attached hydrogens (primary N) is 1. The third-order valence-electron chi connectivity index (χ3n) is 5.07. The van der Waals surface area contributed by atoms with Crippen LogP contribution in [0.2, 0.25) is 0 Å². The maximum absolute atomic E-state index is 13.3. The van der Waals surface area contributed by atoms with Crippen LogP contribution in [-0.2, 0) is 28.8 Å². The van der Waals surface area contributed by atoms with Gasteiger partial charge in [-0.2, -0.15) is 0 Å². The lowest BCUT2D eigenvalue weighted by Gasteiger charge is -2.08. The Bertz CT molecular complexity index is 1350. The molecule has 2 aromatic heterocycles. The summed E-state index contributed by atoms with van der Waals surface area (Å²) in [5.74, 6) is -0.697. The number of nitrogens with one attached hydrogen (secondary N) is 1. The van der Waals surface area contributed by atoms with Crippen molar-refractivity contribution in [3.8, 4) is 11.3 Å². The third-order valence-corrected chi connectivity index (χ3v) is 5.52. The second-order valence-electron chi connectivity index (χ2n) is 7.71. The molecule has 0 spiro atoms. The first-order valence-electron chi connectivity index (χ1n) is 10.4. The summed E-state index contributed by atoms with van der Waals surface area (Å²) < 4.78 is 48.8. The van der Waals surface area contributed by atoms with E-state index in [1.165, 1.54) is 22.9 Å². The number of phosphoric ester groups is 1. The largest absolute Gasteiger partial charge is 0.472 e. The highest BCUT2D eigenvalue weighted by molar-refractivity contribution is 7.46. The minimum absolute atomic E-state index is 0.193. The second-order valence-corrected chi connectivity index (χ2v) is 8.95. The fourth-order valence-electron chi connectivity index (χ4n) is 3.39. The topological polar surface area (TPSA) is 135 Å². The van der Waals surface area contributed by atoms with Crippen LogP contribution in [0.15, 0.2) is 71.4 Å². The van der Waals surface area contributed by atoms with Gasteiger partial charge >= 0.3 is 7.82 Å². The molecule has 0 atom stereocenters. The molecule has 35 heavy (non-hydrogen) atoms. The number of benzene rings is 2. The van der Waals surface area contributed by atoms with Crippen LogP contribution in [0.25, 0.3) is 11.3 Å². The number of anilines is 2. The van der Waals surface area contributed by atoms with E-state index in [9.17, 15) is 13.3 Å². The summed E-state index contributed by atoms with van der Waals surface area (Å²) >= 11 is 0. The van der Waals surface area contributed by atoms with Gasteiger partial charge in [0.25, 0.3) is 5.82 Å². The number of aromatic nitrogens is 2. The smallest absolute Gasteiger partial charge is 0.381 e. The summed E-state index contributed by atoms with van der Waals surface area (Å²) in [6.07, 6.45) is 2.01. The highest BCUT2D eigenvalue weighted by atomic mass is 31.2. The summed E-state index contributed by atoms with van der Waals surface area (Å²) in [6, 6.07) is 16.0. The molecule has 0 saturated carbocycles. The van der Waals surface area contributed by atoms with Crippen molar-refractivity contribution in [2.75, 3.05) is 11.1 Å². The van der Waals surface area contributed by atoms with Crippen molar-refractivity contribution < 1.29 is 36.7 Å². The summed E-state index contributed by atoms with van der Waals surface area (Å²) in [6.45, 7) is -0.0311. The molecule has 0 bridgehead atoms. The molecule has 0 radical (unpaired) electrons. The van der Waals surface area contributed by atoms with E-state index >= 15 is 0 Å². The van der Waals surface area contributed by atoms with Crippen LogP contribution >= 0.6 is 7.82 Å². The van der Waals surface area contributed by atoms with Crippen molar-refractivity contribution in [2.45, 2.75) is 19.7 Å².